The minimum absolute atomic E-state index is 0.183. The molecule has 0 aliphatic heterocycles. The molecule has 0 atom stereocenters. The number of amides is 3. The predicted octanol–water partition coefficient (Wildman–Crippen LogP) is 2.10. The summed E-state index contributed by atoms with van der Waals surface area (Å²) in [6.45, 7) is 4.58. The third-order valence-electron chi connectivity index (χ3n) is 2.46. The molecule has 0 spiro atoms. The van der Waals surface area contributed by atoms with Gasteiger partial charge in [-0.15, -0.1) is 0 Å². The quantitative estimate of drug-likeness (QED) is 0.729. The average molecular weight is 265 g/mol. The number of rotatable bonds is 4. The highest BCUT2D eigenvalue weighted by atomic mass is 16.4. The standard InChI is InChI=1S/C13H19N3O3/c1-3-8-14-12(17)16(15-13(18)19)9-11-6-4-10(2)5-7-11/h4-7,15H,3,8-9H2,1-2H3,(H,14,17)(H,18,19). The van der Waals surface area contributed by atoms with Crippen LogP contribution in [0, 0.1) is 6.92 Å². The highest BCUT2D eigenvalue weighted by molar-refractivity contribution is 5.77. The van der Waals surface area contributed by atoms with E-state index < -0.39 is 12.1 Å². The molecular formula is C13H19N3O3. The second-order valence-corrected chi connectivity index (χ2v) is 4.22. The van der Waals surface area contributed by atoms with Crippen LogP contribution < -0.4 is 10.7 Å². The highest BCUT2D eigenvalue weighted by Crippen LogP contribution is 2.06. The molecule has 0 saturated heterocycles. The fourth-order valence-electron chi connectivity index (χ4n) is 1.48. The number of nitrogens with zero attached hydrogens (tertiary/aromatic N) is 1. The molecule has 0 aliphatic rings. The van der Waals surface area contributed by atoms with Gasteiger partial charge >= 0.3 is 12.1 Å². The number of carbonyl (C=O) groups excluding carboxylic acids is 1. The first-order chi connectivity index (χ1) is 9.02. The maximum absolute atomic E-state index is 11.8. The van der Waals surface area contributed by atoms with Crippen molar-refractivity contribution in [2.24, 2.45) is 0 Å². The Morgan fingerprint density at radius 1 is 1.26 bits per heavy atom. The summed E-state index contributed by atoms with van der Waals surface area (Å²) < 4.78 is 0. The topological polar surface area (TPSA) is 81.7 Å². The van der Waals surface area contributed by atoms with E-state index in [-0.39, 0.29) is 6.54 Å². The Labute approximate surface area is 112 Å². The summed E-state index contributed by atoms with van der Waals surface area (Å²) in [5.74, 6) is 0. The van der Waals surface area contributed by atoms with Gasteiger partial charge in [0, 0.05) is 6.54 Å². The fraction of sp³-hybridized carbons (Fsp3) is 0.385. The molecule has 0 aliphatic carbocycles. The average Bonchev–Trinajstić information content (AvgIpc) is 2.37. The van der Waals surface area contributed by atoms with Crippen LogP contribution in [-0.4, -0.2) is 28.8 Å². The summed E-state index contributed by atoms with van der Waals surface area (Å²) in [6.07, 6.45) is -0.476. The van der Waals surface area contributed by atoms with Gasteiger partial charge in [0.05, 0.1) is 6.54 Å². The van der Waals surface area contributed by atoms with E-state index in [1.807, 2.05) is 38.1 Å². The monoisotopic (exact) mass is 265 g/mol. The Morgan fingerprint density at radius 3 is 2.42 bits per heavy atom. The van der Waals surface area contributed by atoms with Crippen LogP contribution in [0.15, 0.2) is 24.3 Å². The van der Waals surface area contributed by atoms with Crippen molar-refractivity contribution in [1.29, 1.82) is 0 Å². The van der Waals surface area contributed by atoms with Crippen molar-refractivity contribution in [3.05, 3.63) is 35.4 Å². The molecule has 0 unspecified atom stereocenters. The Bertz CT molecular complexity index is 431. The summed E-state index contributed by atoms with van der Waals surface area (Å²) in [4.78, 5) is 22.5. The van der Waals surface area contributed by atoms with E-state index in [1.165, 1.54) is 0 Å². The van der Waals surface area contributed by atoms with E-state index in [0.29, 0.717) is 6.54 Å². The molecule has 0 heterocycles. The van der Waals surface area contributed by atoms with Crippen LogP contribution in [0.4, 0.5) is 9.59 Å². The van der Waals surface area contributed by atoms with Crippen LogP contribution in [0.1, 0.15) is 24.5 Å². The molecule has 6 heteroatoms. The summed E-state index contributed by atoms with van der Waals surface area (Å²) in [5.41, 5.74) is 4.05. The molecule has 0 saturated carbocycles. The van der Waals surface area contributed by atoms with Gasteiger partial charge in [-0.05, 0) is 18.9 Å². The van der Waals surface area contributed by atoms with E-state index >= 15 is 0 Å². The Morgan fingerprint density at radius 2 is 1.89 bits per heavy atom. The maximum Gasteiger partial charge on any atom is 0.423 e. The number of carbonyl (C=O) groups is 2. The molecule has 0 aromatic heterocycles. The summed E-state index contributed by atoms with van der Waals surface area (Å²) in [5, 5.41) is 12.4. The van der Waals surface area contributed by atoms with Crippen molar-refractivity contribution in [3.63, 3.8) is 0 Å². The van der Waals surface area contributed by atoms with Gasteiger partial charge in [-0.25, -0.2) is 20.0 Å². The van der Waals surface area contributed by atoms with Crippen LogP contribution in [-0.2, 0) is 6.54 Å². The number of aryl methyl sites for hydroxylation is 1. The molecule has 0 bridgehead atoms. The van der Waals surface area contributed by atoms with E-state index in [4.69, 9.17) is 5.11 Å². The van der Waals surface area contributed by atoms with Gasteiger partial charge in [0.2, 0.25) is 0 Å². The molecule has 3 N–H and O–H groups in total. The number of carboxylic acid groups (broad SMARTS) is 1. The largest absolute Gasteiger partial charge is 0.464 e. The van der Waals surface area contributed by atoms with Crippen LogP contribution >= 0.6 is 0 Å². The van der Waals surface area contributed by atoms with Crippen LogP contribution in [0.2, 0.25) is 0 Å². The fourth-order valence-corrected chi connectivity index (χ4v) is 1.48. The van der Waals surface area contributed by atoms with Crippen molar-refractivity contribution in [2.75, 3.05) is 6.54 Å². The van der Waals surface area contributed by atoms with E-state index in [0.717, 1.165) is 22.6 Å². The second kappa shape index (κ2) is 7.25. The number of urea groups is 1. The molecule has 1 aromatic carbocycles. The second-order valence-electron chi connectivity index (χ2n) is 4.22. The predicted molar refractivity (Wildman–Crippen MR) is 71.6 cm³/mol. The minimum atomic E-state index is -1.27. The zero-order valence-electron chi connectivity index (χ0n) is 11.1. The zero-order valence-corrected chi connectivity index (χ0v) is 11.1. The van der Waals surface area contributed by atoms with Gasteiger partial charge in [0.15, 0.2) is 0 Å². The zero-order chi connectivity index (χ0) is 14.3. The van der Waals surface area contributed by atoms with Crippen LogP contribution in [0.25, 0.3) is 0 Å². The summed E-state index contributed by atoms with van der Waals surface area (Å²) in [7, 11) is 0. The lowest BCUT2D eigenvalue weighted by atomic mass is 10.1. The molecule has 3 amide bonds. The van der Waals surface area contributed by atoms with E-state index in [1.54, 1.807) is 0 Å². The maximum atomic E-state index is 11.8. The Kier molecular flexibility index (Phi) is 5.66. The summed E-state index contributed by atoms with van der Waals surface area (Å²) in [6, 6.07) is 7.10. The van der Waals surface area contributed by atoms with Gasteiger partial charge in [-0.3, -0.25) is 0 Å². The third kappa shape index (κ3) is 5.29. The van der Waals surface area contributed by atoms with Crippen LogP contribution in [0.5, 0.6) is 0 Å². The molecule has 6 nitrogen and oxygen atoms in total. The number of benzene rings is 1. The third-order valence-corrected chi connectivity index (χ3v) is 2.46. The number of hydrazine groups is 1. The highest BCUT2D eigenvalue weighted by Gasteiger charge is 2.15. The lowest BCUT2D eigenvalue weighted by molar-refractivity contribution is 0.139. The molecule has 1 rings (SSSR count). The number of nitrogens with one attached hydrogen (secondary N) is 2. The molecule has 0 radical (unpaired) electrons. The van der Waals surface area contributed by atoms with E-state index in [9.17, 15) is 9.59 Å². The Balaban J connectivity index is 2.70. The molecular weight excluding hydrogens is 246 g/mol. The van der Waals surface area contributed by atoms with E-state index in [2.05, 4.69) is 10.7 Å². The van der Waals surface area contributed by atoms with Gasteiger partial charge in [0.25, 0.3) is 0 Å². The Hall–Kier alpha value is -2.24. The van der Waals surface area contributed by atoms with Crippen molar-refractivity contribution in [2.45, 2.75) is 26.8 Å². The van der Waals surface area contributed by atoms with Gasteiger partial charge in [-0.1, -0.05) is 36.8 Å². The lowest BCUT2D eigenvalue weighted by Gasteiger charge is -2.22. The van der Waals surface area contributed by atoms with Gasteiger partial charge in [-0.2, -0.15) is 0 Å². The molecule has 19 heavy (non-hydrogen) atoms. The SMILES string of the molecule is CCCNC(=O)N(Cc1ccc(C)cc1)NC(=O)O. The minimum Gasteiger partial charge on any atom is -0.464 e. The molecule has 104 valence electrons. The first-order valence-electron chi connectivity index (χ1n) is 6.13. The van der Waals surface area contributed by atoms with Crippen LogP contribution in [0.3, 0.4) is 0 Å². The van der Waals surface area contributed by atoms with Gasteiger partial charge in [0.1, 0.15) is 0 Å². The normalized spacial score (nSPS) is 9.79. The van der Waals surface area contributed by atoms with Crippen molar-refractivity contribution in [3.8, 4) is 0 Å². The lowest BCUT2D eigenvalue weighted by Crippen LogP contribution is -2.49. The molecule has 1 aromatic rings. The van der Waals surface area contributed by atoms with Crippen molar-refractivity contribution in [1.82, 2.24) is 15.8 Å². The van der Waals surface area contributed by atoms with Crippen molar-refractivity contribution < 1.29 is 14.7 Å². The van der Waals surface area contributed by atoms with Crippen molar-refractivity contribution >= 4 is 12.1 Å². The smallest absolute Gasteiger partial charge is 0.423 e. The number of hydrogen-bond donors (Lipinski definition) is 3. The summed E-state index contributed by atoms with van der Waals surface area (Å²) >= 11 is 0. The molecule has 0 fully saturated rings. The first kappa shape index (κ1) is 14.8. The number of hydrogen-bond acceptors (Lipinski definition) is 2. The first-order valence-corrected chi connectivity index (χ1v) is 6.13. The van der Waals surface area contributed by atoms with Gasteiger partial charge < -0.3 is 10.4 Å².